The van der Waals surface area contributed by atoms with Gasteiger partial charge in [-0.2, -0.15) is 0 Å². The third kappa shape index (κ3) is 3.00. The Hall–Kier alpha value is -1.03. The molecule has 1 saturated carbocycles. The first-order valence-corrected chi connectivity index (χ1v) is 6.61. The highest BCUT2D eigenvalue weighted by Crippen LogP contribution is 2.26. The zero-order chi connectivity index (χ0) is 12.3. The number of ether oxygens (including phenoxy) is 1. The van der Waals surface area contributed by atoms with Crippen LogP contribution in [0.2, 0.25) is 0 Å². The number of carbonyl (C=O) groups is 1. The summed E-state index contributed by atoms with van der Waals surface area (Å²) in [7, 11) is 1.57. The SMILES string of the molecule is COc1cc(Br)ccc1C(=O)NCC1CCC1. The molecule has 1 aromatic rings. The summed E-state index contributed by atoms with van der Waals surface area (Å²) in [6, 6.07) is 5.43. The first-order valence-electron chi connectivity index (χ1n) is 5.82. The van der Waals surface area contributed by atoms with Gasteiger partial charge in [-0.25, -0.2) is 0 Å². The monoisotopic (exact) mass is 297 g/mol. The lowest BCUT2D eigenvalue weighted by atomic mass is 9.85. The Morgan fingerprint density at radius 2 is 2.29 bits per heavy atom. The van der Waals surface area contributed by atoms with E-state index in [4.69, 9.17) is 4.74 Å². The third-order valence-electron chi connectivity index (χ3n) is 3.18. The number of carbonyl (C=O) groups excluding carboxylic acids is 1. The van der Waals surface area contributed by atoms with Gasteiger partial charge in [0.25, 0.3) is 5.91 Å². The Balaban J connectivity index is 2.01. The highest BCUT2D eigenvalue weighted by atomic mass is 79.9. The molecule has 1 aromatic carbocycles. The Morgan fingerprint density at radius 3 is 2.88 bits per heavy atom. The van der Waals surface area contributed by atoms with Gasteiger partial charge in [0.05, 0.1) is 12.7 Å². The number of rotatable bonds is 4. The van der Waals surface area contributed by atoms with Crippen molar-refractivity contribution in [2.75, 3.05) is 13.7 Å². The van der Waals surface area contributed by atoms with Gasteiger partial charge in [0.1, 0.15) is 5.75 Å². The van der Waals surface area contributed by atoms with E-state index >= 15 is 0 Å². The lowest BCUT2D eigenvalue weighted by Crippen LogP contribution is -2.32. The minimum atomic E-state index is -0.0544. The van der Waals surface area contributed by atoms with Crippen LogP contribution < -0.4 is 10.1 Å². The maximum absolute atomic E-state index is 12.0. The summed E-state index contributed by atoms with van der Waals surface area (Å²) < 4.78 is 6.11. The molecule has 1 aliphatic rings. The molecule has 2 rings (SSSR count). The fourth-order valence-corrected chi connectivity index (χ4v) is 2.22. The van der Waals surface area contributed by atoms with Crippen LogP contribution in [0.5, 0.6) is 5.75 Å². The van der Waals surface area contributed by atoms with Crippen molar-refractivity contribution in [2.45, 2.75) is 19.3 Å². The van der Waals surface area contributed by atoms with E-state index in [1.54, 1.807) is 19.2 Å². The van der Waals surface area contributed by atoms with Crippen LogP contribution >= 0.6 is 15.9 Å². The zero-order valence-electron chi connectivity index (χ0n) is 9.83. The first-order chi connectivity index (χ1) is 8.20. The molecule has 0 atom stereocenters. The summed E-state index contributed by atoms with van der Waals surface area (Å²) in [6.07, 6.45) is 3.76. The summed E-state index contributed by atoms with van der Waals surface area (Å²) >= 11 is 3.36. The van der Waals surface area contributed by atoms with Crippen molar-refractivity contribution in [1.29, 1.82) is 0 Å². The van der Waals surface area contributed by atoms with Crippen LogP contribution in [0.25, 0.3) is 0 Å². The molecule has 0 unspecified atom stereocenters. The Bertz CT molecular complexity index is 416. The first kappa shape index (κ1) is 12.4. The van der Waals surface area contributed by atoms with E-state index in [1.807, 2.05) is 6.07 Å². The minimum Gasteiger partial charge on any atom is -0.496 e. The number of amides is 1. The van der Waals surface area contributed by atoms with Crippen LogP contribution in [0.1, 0.15) is 29.6 Å². The molecule has 92 valence electrons. The molecule has 1 fully saturated rings. The van der Waals surface area contributed by atoms with Gasteiger partial charge in [0.2, 0.25) is 0 Å². The molecule has 0 spiro atoms. The molecule has 0 radical (unpaired) electrons. The lowest BCUT2D eigenvalue weighted by Gasteiger charge is -2.25. The molecule has 1 N–H and O–H groups in total. The number of halogens is 1. The van der Waals surface area contributed by atoms with E-state index in [2.05, 4.69) is 21.2 Å². The second-order valence-electron chi connectivity index (χ2n) is 4.35. The van der Waals surface area contributed by atoms with E-state index in [0.29, 0.717) is 17.2 Å². The largest absolute Gasteiger partial charge is 0.496 e. The minimum absolute atomic E-state index is 0.0544. The van der Waals surface area contributed by atoms with Gasteiger partial charge >= 0.3 is 0 Å². The summed E-state index contributed by atoms with van der Waals surface area (Å²) in [5.74, 6) is 1.21. The molecule has 3 nitrogen and oxygen atoms in total. The number of hydrogen-bond donors (Lipinski definition) is 1. The van der Waals surface area contributed by atoms with Crippen molar-refractivity contribution in [3.63, 3.8) is 0 Å². The van der Waals surface area contributed by atoms with Gasteiger partial charge in [-0.05, 0) is 37.0 Å². The summed E-state index contributed by atoms with van der Waals surface area (Å²) in [5.41, 5.74) is 0.593. The number of methoxy groups -OCH3 is 1. The maximum Gasteiger partial charge on any atom is 0.255 e. The van der Waals surface area contributed by atoms with Crippen LogP contribution in [-0.2, 0) is 0 Å². The van der Waals surface area contributed by atoms with Crippen molar-refractivity contribution < 1.29 is 9.53 Å². The van der Waals surface area contributed by atoms with Crippen LogP contribution in [0.4, 0.5) is 0 Å². The van der Waals surface area contributed by atoms with Crippen LogP contribution in [0.15, 0.2) is 22.7 Å². The van der Waals surface area contributed by atoms with Crippen molar-refractivity contribution in [3.8, 4) is 5.75 Å². The van der Waals surface area contributed by atoms with Crippen LogP contribution in [0.3, 0.4) is 0 Å². The molecule has 1 aliphatic carbocycles. The molecule has 0 heterocycles. The maximum atomic E-state index is 12.0. The Kier molecular flexibility index (Phi) is 4.05. The van der Waals surface area contributed by atoms with Gasteiger partial charge in [-0.3, -0.25) is 4.79 Å². The van der Waals surface area contributed by atoms with Crippen molar-refractivity contribution >= 4 is 21.8 Å². The van der Waals surface area contributed by atoms with Crippen LogP contribution in [0, 0.1) is 5.92 Å². The average molecular weight is 298 g/mol. The third-order valence-corrected chi connectivity index (χ3v) is 3.68. The second kappa shape index (κ2) is 5.54. The van der Waals surface area contributed by atoms with Gasteiger partial charge in [0, 0.05) is 11.0 Å². The molecule has 1 amide bonds. The summed E-state index contributed by atoms with van der Waals surface area (Å²) in [4.78, 5) is 12.0. The smallest absolute Gasteiger partial charge is 0.255 e. The van der Waals surface area contributed by atoms with Crippen LogP contribution in [-0.4, -0.2) is 19.6 Å². The van der Waals surface area contributed by atoms with Gasteiger partial charge in [-0.15, -0.1) is 0 Å². The van der Waals surface area contributed by atoms with E-state index in [-0.39, 0.29) is 5.91 Å². The normalized spacial score (nSPS) is 15.2. The quantitative estimate of drug-likeness (QED) is 0.928. The molecule has 0 aliphatic heterocycles. The molecule has 17 heavy (non-hydrogen) atoms. The predicted octanol–water partition coefficient (Wildman–Crippen LogP) is 2.99. The standard InChI is InChI=1S/C13H16BrNO2/c1-17-12-7-10(14)5-6-11(12)13(16)15-8-9-3-2-4-9/h5-7,9H,2-4,8H2,1H3,(H,15,16). The molecular weight excluding hydrogens is 282 g/mol. The number of benzene rings is 1. The molecule has 0 saturated heterocycles. The Labute approximate surface area is 110 Å². The topological polar surface area (TPSA) is 38.3 Å². The zero-order valence-corrected chi connectivity index (χ0v) is 11.4. The predicted molar refractivity (Wildman–Crippen MR) is 70.4 cm³/mol. The highest BCUT2D eigenvalue weighted by molar-refractivity contribution is 9.10. The van der Waals surface area contributed by atoms with E-state index in [1.165, 1.54) is 19.3 Å². The van der Waals surface area contributed by atoms with Crippen molar-refractivity contribution in [1.82, 2.24) is 5.32 Å². The second-order valence-corrected chi connectivity index (χ2v) is 5.27. The molecular formula is C13H16BrNO2. The van der Waals surface area contributed by atoms with Crippen molar-refractivity contribution in [3.05, 3.63) is 28.2 Å². The molecule has 0 bridgehead atoms. The summed E-state index contributed by atoms with van der Waals surface area (Å²) in [6.45, 7) is 0.776. The van der Waals surface area contributed by atoms with Crippen molar-refractivity contribution in [2.24, 2.45) is 5.92 Å². The number of nitrogens with one attached hydrogen (secondary N) is 1. The van der Waals surface area contributed by atoms with E-state index in [9.17, 15) is 4.79 Å². The van der Waals surface area contributed by atoms with E-state index in [0.717, 1.165) is 11.0 Å². The highest BCUT2D eigenvalue weighted by Gasteiger charge is 2.19. The molecule has 4 heteroatoms. The fraction of sp³-hybridized carbons (Fsp3) is 0.462. The van der Waals surface area contributed by atoms with Gasteiger partial charge in [0.15, 0.2) is 0 Å². The molecule has 0 aromatic heterocycles. The fourth-order valence-electron chi connectivity index (χ4n) is 1.88. The average Bonchev–Trinajstić information content (AvgIpc) is 2.26. The summed E-state index contributed by atoms with van der Waals surface area (Å²) in [5, 5.41) is 2.96. The van der Waals surface area contributed by atoms with Gasteiger partial charge < -0.3 is 10.1 Å². The lowest BCUT2D eigenvalue weighted by molar-refractivity contribution is 0.0936. The Morgan fingerprint density at radius 1 is 1.53 bits per heavy atom. The van der Waals surface area contributed by atoms with E-state index < -0.39 is 0 Å². The van der Waals surface area contributed by atoms with Gasteiger partial charge in [-0.1, -0.05) is 22.4 Å². The number of hydrogen-bond acceptors (Lipinski definition) is 2.